The lowest BCUT2D eigenvalue weighted by molar-refractivity contribution is 0.0970. The average Bonchev–Trinajstić information content (AvgIpc) is 2.95. The average molecular weight is 330 g/mol. The summed E-state index contributed by atoms with van der Waals surface area (Å²) < 4.78 is 1.62. The summed E-state index contributed by atoms with van der Waals surface area (Å²) in [5.74, 6) is -0.132. The van der Waals surface area contributed by atoms with Crippen molar-refractivity contribution < 1.29 is 4.79 Å². The van der Waals surface area contributed by atoms with Crippen LogP contribution in [-0.4, -0.2) is 15.3 Å². The molecule has 3 aromatic rings. The fourth-order valence-electron chi connectivity index (χ4n) is 2.27. The highest BCUT2D eigenvalue weighted by molar-refractivity contribution is 7.71. The number of H-pyrrole nitrogens is 1. The van der Waals surface area contributed by atoms with E-state index in [2.05, 4.69) is 4.98 Å². The predicted octanol–water partition coefficient (Wildman–Crippen LogP) is 3.57. The molecule has 0 aliphatic carbocycles. The number of hydrogen-bond donors (Lipinski definition) is 1. The molecule has 0 fully saturated rings. The maximum atomic E-state index is 12.6. The molecule has 0 bridgehead atoms. The van der Waals surface area contributed by atoms with Gasteiger partial charge in [0, 0.05) is 10.4 Å². The SMILES string of the molecule is CCc1cc2c(=O)n(CC(=O)c3ccccc3)c(=S)[nH]c2s1. The van der Waals surface area contributed by atoms with E-state index in [1.165, 1.54) is 15.9 Å². The first-order chi connectivity index (χ1) is 10.6. The fraction of sp³-hybridized carbons (Fsp3) is 0.188. The molecule has 0 spiro atoms. The van der Waals surface area contributed by atoms with Gasteiger partial charge in [0.05, 0.1) is 11.9 Å². The van der Waals surface area contributed by atoms with E-state index in [9.17, 15) is 9.59 Å². The maximum absolute atomic E-state index is 12.6. The molecule has 0 aliphatic rings. The first-order valence-corrected chi connectivity index (χ1v) is 8.16. The van der Waals surface area contributed by atoms with Crippen LogP contribution in [0.15, 0.2) is 41.2 Å². The second-order valence-electron chi connectivity index (χ2n) is 4.92. The van der Waals surface area contributed by atoms with Gasteiger partial charge in [-0.1, -0.05) is 37.3 Å². The van der Waals surface area contributed by atoms with Gasteiger partial charge in [0.15, 0.2) is 10.6 Å². The van der Waals surface area contributed by atoms with Crippen LogP contribution in [0.1, 0.15) is 22.2 Å². The highest BCUT2D eigenvalue weighted by Crippen LogP contribution is 2.21. The summed E-state index contributed by atoms with van der Waals surface area (Å²) in [6, 6.07) is 10.8. The van der Waals surface area contributed by atoms with E-state index in [4.69, 9.17) is 12.2 Å². The number of ketones is 1. The molecule has 2 heterocycles. The number of carbonyl (C=O) groups is 1. The molecule has 1 aromatic carbocycles. The number of fused-ring (bicyclic) bond motifs is 1. The number of nitrogens with zero attached hydrogens (tertiary/aromatic N) is 1. The second kappa shape index (κ2) is 5.98. The van der Waals surface area contributed by atoms with Crippen LogP contribution in [0.2, 0.25) is 0 Å². The van der Waals surface area contributed by atoms with Gasteiger partial charge in [0.1, 0.15) is 4.83 Å². The summed E-state index contributed by atoms with van der Waals surface area (Å²) in [5, 5.41) is 0.594. The van der Waals surface area contributed by atoms with Gasteiger partial charge in [-0.3, -0.25) is 14.2 Å². The Bertz CT molecular complexity index is 952. The highest BCUT2D eigenvalue weighted by Gasteiger charge is 2.13. The zero-order valence-corrected chi connectivity index (χ0v) is 13.6. The number of aryl methyl sites for hydroxylation is 1. The molecule has 0 amide bonds. The third-order valence-corrected chi connectivity index (χ3v) is 4.99. The van der Waals surface area contributed by atoms with Crippen LogP contribution in [0.25, 0.3) is 10.2 Å². The summed E-state index contributed by atoms with van der Waals surface area (Å²) >= 11 is 6.77. The number of rotatable bonds is 4. The molecule has 6 heteroatoms. The van der Waals surface area contributed by atoms with E-state index in [0.29, 0.717) is 10.9 Å². The molecule has 0 aliphatic heterocycles. The molecular weight excluding hydrogens is 316 g/mol. The largest absolute Gasteiger partial charge is 0.323 e. The number of hydrogen-bond acceptors (Lipinski definition) is 4. The molecule has 1 N–H and O–H groups in total. The normalized spacial score (nSPS) is 11.0. The van der Waals surface area contributed by atoms with E-state index in [-0.39, 0.29) is 22.7 Å². The van der Waals surface area contributed by atoms with E-state index in [0.717, 1.165) is 16.1 Å². The number of aromatic amines is 1. The Balaban J connectivity index is 2.06. The van der Waals surface area contributed by atoms with Crippen molar-refractivity contribution in [2.45, 2.75) is 19.9 Å². The Morgan fingerprint density at radius 2 is 2.05 bits per heavy atom. The second-order valence-corrected chi connectivity index (χ2v) is 6.44. The van der Waals surface area contributed by atoms with Crippen molar-refractivity contribution in [1.82, 2.24) is 9.55 Å². The third kappa shape index (κ3) is 2.67. The molecule has 0 radical (unpaired) electrons. The Kier molecular flexibility index (Phi) is 4.04. The maximum Gasteiger partial charge on any atom is 0.263 e. The number of nitrogens with one attached hydrogen (secondary N) is 1. The van der Waals surface area contributed by atoms with Gasteiger partial charge in [0.2, 0.25) is 0 Å². The van der Waals surface area contributed by atoms with Crippen molar-refractivity contribution in [2.24, 2.45) is 0 Å². The fourth-order valence-corrected chi connectivity index (χ4v) is 3.57. The number of aromatic nitrogens is 2. The Morgan fingerprint density at radius 1 is 1.32 bits per heavy atom. The predicted molar refractivity (Wildman–Crippen MR) is 91.4 cm³/mol. The summed E-state index contributed by atoms with van der Waals surface area (Å²) in [4.78, 5) is 29.8. The van der Waals surface area contributed by atoms with E-state index in [1.807, 2.05) is 19.1 Å². The van der Waals surface area contributed by atoms with Gasteiger partial charge >= 0.3 is 0 Å². The van der Waals surface area contributed by atoms with Crippen molar-refractivity contribution in [2.75, 3.05) is 0 Å². The number of carbonyl (C=O) groups excluding carboxylic acids is 1. The van der Waals surface area contributed by atoms with Crippen LogP contribution in [-0.2, 0) is 13.0 Å². The Labute approximate surface area is 136 Å². The summed E-state index contributed by atoms with van der Waals surface area (Å²) in [6.45, 7) is 1.99. The van der Waals surface area contributed by atoms with Gasteiger partial charge in [0.25, 0.3) is 5.56 Å². The van der Waals surface area contributed by atoms with E-state index < -0.39 is 0 Å². The third-order valence-electron chi connectivity index (χ3n) is 3.47. The minimum absolute atomic E-state index is 0.0502. The molecule has 22 heavy (non-hydrogen) atoms. The van der Waals surface area contributed by atoms with Crippen LogP contribution >= 0.6 is 23.6 Å². The summed E-state index contributed by atoms with van der Waals surface area (Å²) in [6.07, 6.45) is 0.863. The Hall–Kier alpha value is -2.05. The van der Waals surface area contributed by atoms with Crippen LogP contribution in [0, 0.1) is 4.77 Å². The lowest BCUT2D eigenvalue weighted by atomic mass is 10.1. The van der Waals surface area contributed by atoms with Crippen LogP contribution in [0.4, 0.5) is 0 Å². The number of Topliss-reactive ketones (excluding diaryl/α,β-unsaturated/α-hetero) is 1. The molecule has 0 saturated heterocycles. The zero-order valence-electron chi connectivity index (χ0n) is 12.0. The molecule has 0 saturated carbocycles. The van der Waals surface area contributed by atoms with Crippen molar-refractivity contribution in [3.05, 3.63) is 62.0 Å². The minimum atomic E-state index is -0.209. The van der Waals surface area contributed by atoms with Crippen molar-refractivity contribution in [3.63, 3.8) is 0 Å². The van der Waals surface area contributed by atoms with Crippen molar-refractivity contribution in [1.29, 1.82) is 0 Å². The van der Waals surface area contributed by atoms with Crippen molar-refractivity contribution >= 4 is 39.6 Å². The molecule has 2 aromatic heterocycles. The molecular formula is C16H14N2O2S2. The van der Waals surface area contributed by atoms with Gasteiger partial charge in [-0.25, -0.2) is 0 Å². The quantitative estimate of drug-likeness (QED) is 0.588. The summed E-state index contributed by atoms with van der Waals surface area (Å²) in [5.41, 5.74) is 0.363. The van der Waals surface area contributed by atoms with Gasteiger partial charge in [-0.2, -0.15) is 0 Å². The van der Waals surface area contributed by atoms with Gasteiger partial charge in [-0.05, 0) is 24.7 Å². The molecule has 0 atom stereocenters. The first kappa shape index (κ1) is 14.9. The first-order valence-electron chi connectivity index (χ1n) is 6.94. The van der Waals surface area contributed by atoms with E-state index in [1.54, 1.807) is 24.3 Å². The smallest absolute Gasteiger partial charge is 0.263 e. The van der Waals surface area contributed by atoms with Crippen LogP contribution < -0.4 is 5.56 Å². The monoisotopic (exact) mass is 330 g/mol. The lowest BCUT2D eigenvalue weighted by Gasteiger charge is -2.05. The Morgan fingerprint density at radius 3 is 2.73 bits per heavy atom. The molecule has 3 rings (SSSR count). The molecule has 0 unspecified atom stereocenters. The highest BCUT2D eigenvalue weighted by atomic mass is 32.1. The van der Waals surface area contributed by atoms with E-state index >= 15 is 0 Å². The minimum Gasteiger partial charge on any atom is -0.323 e. The topological polar surface area (TPSA) is 54.9 Å². The van der Waals surface area contributed by atoms with Crippen molar-refractivity contribution in [3.8, 4) is 0 Å². The van der Waals surface area contributed by atoms with Crippen LogP contribution in [0.5, 0.6) is 0 Å². The number of benzene rings is 1. The zero-order chi connectivity index (χ0) is 15.7. The van der Waals surface area contributed by atoms with Gasteiger partial charge in [-0.15, -0.1) is 11.3 Å². The molecule has 4 nitrogen and oxygen atoms in total. The standard InChI is InChI=1S/C16H14N2O2S2/c1-2-11-8-12-14(22-11)17-16(21)18(15(12)20)9-13(19)10-6-4-3-5-7-10/h3-8H,2,9H2,1H3,(H,17,21). The summed E-state index contributed by atoms with van der Waals surface area (Å²) in [7, 11) is 0. The number of thiophene rings is 1. The lowest BCUT2D eigenvalue weighted by Crippen LogP contribution is -2.25. The van der Waals surface area contributed by atoms with Gasteiger partial charge < -0.3 is 4.98 Å². The molecule has 112 valence electrons. The van der Waals surface area contributed by atoms with Crippen LogP contribution in [0.3, 0.4) is 0 Å².